The van der Waals surface area contributed by atoms with Crippen LogP contribution in [-0.2, 0) is 14.4 Å². The van der Waals surface area contributed by atoms with E-state index in [-0.39, 0.29) is 6.17 Å². The Balaban J connectivity index is 1.50. The first-order chi connectivity index (χ1) is 18.2. The van der Waals surface area contributed by atoms with Crippen molar-refractivity contribution in [3.05, 3.63) is 70.7 Å². The van der Waals surface area contributed by atoms with Crippen LogP contribution in [-0.4, -0.2) is 42.3 Å². The van der Waals surface area contributed by atoms with E-state index in [1.54, 1.807) is 18.2 Å². The fourth-order valence-electron chi connectivity index (χ4n) is 4.74. The normalized spacial score (nSPS) is 17.2. The molecular formula is C27H25Cl2N5O3S. The van der Waals surface area contributed by atoms with Gasteiger partial charge in [-0.05, 0) is 49.9 Å². The molecular weight excluding hydrogens is 545 g/mol. The zero-order valence-corrected chi connectivity index (χ0v) is 23.1. The monoisotopic (exact) mass is 569 g/mol. The number of imidazole rings is 1. The highest BCUT2D eigenvalue weighted by molar-refractivity contribution is 7.86. The smallest absolute Gasteiger partial charge is 0.285 e. The van der Waals surface area contributed by atoms with Crippen molar-refractivity contribution in [2.24, 2.45) is 5.92 Å². The van der Waals surface area contributed by atoms with Gasteiger partial charge in [0.1, 0.15) is 17.7 Å². The number of hydroxylamine groups is 1. The molecule has 11 heteroatoms. The van der Waals surface area contributed by atoms with Crippen LogP contribution in [0.15, 0.2) is 60.7 Å². The van der Waals surface area contributed by atoms with Gasteiger partial charge in [0, 0.05) is 12.1 Å². The van der Waals surface area contributed by atoms with Crippen LogP contribution < -0.4 is 9.96 Å². The van der Waals surface area contributed by atoms with E-state index in [0.29, 0.717) is 55.9 Å². The lowest BCUT2D eigenvalue weighted by Gasteiger charge is -2.27. The third-order valence-corrected chi connectivity index (χ3v) is 7.79. The summed E-state index contributed by atoms with van der Waals surface area (Å²) in [7, 11) is -3.73. The highest BCUT2D eigenvalue weighted by Gasteiger charge is 2.40. The molecule has 0 bridgehead atoms. The van der Waals surface area contributed by atoms with Gasteiger partial charge in [0.2, 0.25) is 0 Å². The number of nitrogens with zero attached hydrogens (tertiary/aromatic N) is 4. The summed E-state index contributed by atoms with van der Waals surface area (Å²) >= 11 is 13.0. The van der Waals surface area contributed by atoms with Crippen LogP contribution in [0.5, 0.6) is 0 Å². The third-order valence-electron chi connectivity index (χ3n) is 6.73. The Morgan fingerprint density at radius 3 is 2.37 bits per heavy atom. The maximum atomic E-state index is 12.0. The molecule has 0 amide bonds. The fraction of sp³-hybridized carbons (Fsp3) is 0.259. The van der Waals surface area contributed by atoms with E-state index in [0.717, 1.165) is 31.2 Å². The molecule has 0 radical (unpaired) electrons. The van der Waals surface area contributed by atoms with Crippen molar-refractivity contribution < 1.29 is 12.7 Å². The lowest BCUT2D eigenvalue weighted by atomic mass is 10.1. The number of hydrogen-bond acceptors (Lipinski definition) is 7. The number of pyridine rings is 1. The molecule has 1 aliphatic heterocycles. The molecule has 196 valence electrons. The second-order valence-electron chi connectivity index (χ2n) is 9.64. The maximum absolute atomic E-state index is 12.0. The number of rotatable bonds is 7. The van der Waals surface area contributed by atoms with Gasteiger partial charge in [-0.2, -0.15) is 8.42 Å². The Kier molecular flexibility index (Phi) is 6.34. The number of aromatic nitrogens is 3. The molecule has 1 atom stereocenters. The van der Waals surface area contributed by atoms with Crippen molar-refractivity contribution in [2.75, 3.05) is 22.8 Å². The fourth-order valence-corrected chi connectivity index (χ4v) is 5.81. The second-order valence-corrected chi connectivity index (χ2v) is 12.0. The molecule has 2 aliphatic rings. The van der Waals surface area contributed by atoms with Crippen molar-refractivity contribution in [1.29, 1.82) is 0 Å². The number of benzene rings is 2. The number of aromatic amines is 1. The number of nitrogens with one attached hydrogen (secondary N) is 1. The van der Waals surface area contributed by atoms with Crippen LogP contribution in [0.2, 0.25) is 10.0 Å². The Hall–Kier alpha value is -3.11. The minimum atomic E-state index is -3.73. The summed E-state index contributed by atoms with van der Waals surface area (Å²) in [5.41, 5.74) is 4.17. The van der Waals surface area contributed by atoms with E-state index in [4.69, 9.17) is 37.5 Å². The van der Waals surface area contributed by atoms with Crippen molar-refractivity contribution in [2.45, 2.75) is 25.9 Å². The summed E-state index contributed by atoms with van der Waals surface area (Å²) in [5, 5.41) is 2.39. The van der Waals surface area contributed by atoms with Crippen molar-refractivity contribution in [3.8, 4) is 34.0 Å². The van der Waals surface area contributed by atoms with Gasteiger partial charge in [0.15, 0.2) is 5.82 Å². The predicted molar refractivity (Wildman–Crippen MR) is 151 cm³/mol. The summed E-state index contributed by atoms with van der Waals surface area (Å²) in [6, 6.07) is 18.8. The molecule has 1 saturated carbocycles. The first-order valence-electron chi connectivity index (χ1n) is 12.3. The molecule has 0 spiro atoms. The maximum Gasteiger partial charge on any atom is 0.285 e. The van der Waals surface area contributed by atoms with Crippen molar-refractivity contribution >= 4 is 44.8 Å². The van der Waals surface area contributed by atoms with E-state index >= 15 is 0 Å². The van der Waals surface area contributed by atoms with Crippen LogP contribution in [0, 0.1) is 5.92 Å². The Labute approximate surface area is 231 Å². The summed E-state index contributed by atoms with van der Waals surface area (Å²) in [6.07, 6.45) is 3.00. The van der Waals surface area contributed by atoms with Crippen LogP contribution in [0.3, 0.4) is 0 Å². The molecule has 1 N–H and O–H groups in total. The lowest BCUT2D eigenvalue weighted by Crippen LogP contribution is -2.42. The van der Waals surface area contributed by atoms with E-state index in [2.05, 4.69) is 9.88 Å². The molecule has 0 saturated heterocycles. The SMILES string of the molecule is CC1N(CC2CC2)c2nc(-c3[nH]c(-c4c(Cl)cccc4Cl)nc3-c3ccccc3)ccc2N1OS(C)(=O)=O. The van der Waals surface area contributed by atoms with Gasteiger partial charge in [-0.1, -0.05) is 59.6 Å². The number of anilines is 2. The highest BCUT2D eigenvalue weighted by Crippen LogP contribution is 2.44. The summed E-state index contributed by atoms with van der Waals surface area (Å²) in [5.74, 6) is 1.74. The predicted octanol–water partition coefficient (Wildman–Crippen LogP) is 6.39. The summed E-state index contributed by atoms with van der Waals surface area (Å²) in [6.45, 7) is 2.68. The Bertz CT molecular complexity index is 1600. The highest BCUT2D eigenvalue weighted by atomic mass is 35.5. The van der Waals surface area contributed by atoms with Gasteiger partial charge >= 0.3 is 0 Å². The van der Waals surface area contributed by atoms with Gasteiger partial charge in [-0.25, -0.2) is 15.0 Å². The quantitative estimate of drug-likeness (QED) is 0.276. The first-order valence-corrected chi connectivity index (χ1v) is 14.8. The molecule has 38 heavy (non-hydrogen) atoms. The number of hydrogen-bond donors (Lipinski definition) is 1. The first kappa shape index (κ1) is 25.2. The summed E-state index contributed by atoms with van der Waals surface area (Å²) < 4.78 is 29.4. The molecule has 1 aliphatic carbocycles. The van der Waals surface area contributed by atoms with Gasteiger partial charge in [-0.3, -0.25) is 0 Å². The topological polar surface area (TPSA) is 91.4 Å². The molecule has 8 nitrogen and oxygen atoms in total. The zero-order chi connectivity index (χ0) is 26.6. The molecule has 1 unspecified atom stereocenters. The third kappa shape index (κ3) is 4.75. The second kappa shape index (κ2) is 9.57. The number of halogens is 2. The van der Waals surface area contributed by atoms with E-state index < -0.39 is 10.1 Å². The van der Waals surface area contributed by atoms with E-state index in [1.807, 2.05) is 49.4 Å². The average molecular weight is 571 g/mol. The largest absolute Gasteiger partial charge is 0.336 e. The van der Waals surface area contributed by atoms with Crippen LogP contribution >= 0.6 is 23.2 Å². The molecule has 2 aromatic carbocycles. The number of fused-ring (bicyclic) bond motifs is 1. The molecule has 6 rings (SSSR count). The Morgan fingerprint density at radius 2 is 1.71 bits per heavy atom. The van der Waals surface area contributed by atoms with Gasteiger partial charge in [0.25, 0.3) is 10.1 Å². The molecule has 1 fully saturated rings. The van der Waals surface area contributed by atoms with Crippen LogP contribution in [0.25, 0.3) is 34.0 Å². The van der Waals surface area contributed by atoms with E-state index in [1.165, 1.54) is 5.06 Å². The van der Waals surface area contributed by atoms with Crippen molar-refractivity contribution in [1.82, 2.24) is 15.0 Å². The van der Waals surface area contributed by atoms with Gasteiger partial charge in [0.05, 0.1) is 38.9 Å². The standard InChI is InChI=1S/C27H25Cl2N5O3S/c1-16-33(15-17-11-12-17)27-22(34(16)37-38(2,35)36)14-13-21(30-27)25-24(18-7-4-3-5-8-18)31-26(32-25)23-19(28)9-6-10-20(23)29/h3-10,13-14,16-17H,11-12,15H2,1-2H3,(H,31,32). The minimum Gasteiger partial charge on any atom is -0.336 e. The van der Waals surface area contributed by atoms with Crippen LogP contribution in [0.1, 0.15) is 19.8 Å². The summed E-state index contributed by atoms with van der Waals surface area (Å²) in [4.78, 5) is 15.4. The number of H-pyrrole nitrogens is 1. The van der Waals surface area contributed by atoms with E-state index in [9.17, 15) is 8.42 Å². The Morgan fingerprint density at radius 1 is 1.00 bits per heavy atom. The lowest BCUT2D eigenvalue weighted by molar-refractivity contribution is 0.261. The molecule has 3 heterocycles. The molecule has 4 aromatic rings. The minimum absolute atomic E-state index is 0.337. The van der Waals surface area contributed by atoms with Gasteiger partial charge < -0.3 is 9.88 Å². The molecule has 2 aromatic heterocycles. The van der Waals surface area contributed by atoms with Crippen molar-refractivity contribution in [3.63, 3.8) is 0 Å². The van der Waals surface area contributed by atoms with Crippen LogP contribution in [0.4, 0.5) is 11.5 Å². The van der Waals surface area contributed by atoms with Gasteiger partial charge in [-0.15, -0.1) is 4.28 Å². The zero-order valence-electron chi connectivity index (χ0n) is 20.7. The average Bonchev–Trinajstić information content (AvgIpc) is 3.55.